The number of hydrogen-bond acceptors (Lipinski definition) is 3. The Hall–Kier alpha value is -1.65. The number of aromatic nitrogens is 2. The van der Waals surface area contributed by atoms with Crippen molar-refractivity contribution in [3.05, 3.63) is 52.1 Å². The summed E-state index contributed by atoms with van der Waals surface area (Å²) in [5, 5.41) is 7.82. The molecule has 0 unspecified atom stereocenters. The first-order valence-corrected chi connectivity index (χ1v) is 7.28. The van der Waals surface area contributed by atoms with E-state index in [1.807, 2.05) is 14.0 Å². The van der Waals surface area contributed by atoms with Crippen molar-refractivity contribution in [2.45, 2.75) is 20.0 Å². The molecule has 2 heterocycles. The normalized spacial score (nSPS) is 11.3. The molecular formula is C15H17N3S. The zero-order valence-electron chi connectivity index (χ0n) is 11.2. The molecule has 1 N–H and O–H groups in total. The molecular weight excluding hydrogens is 254 g/mol. The number of nitrogens with zero attached hydrogens (tertiary/aromatic N) is 2. The van der Waals surface area contributed by atoms with Gasteiger partial charge in [0.25, 0.3) is 0 Å². The smallest absolute Gasteiger partial charge is 0.113 e. The molecule has 0 atom stereocenters. The predicted octanol–water partition coefficient (Wildman–Crippen LogP) is 3.17. The van der Waals surface area contributed by atoms with Crippen molar-refractivity contribution < 1.29 is 0 Å². The van der Waals surface area contributed by atoms with Gasteiger partial charge >= 0.3 is 0 Å². The first-order chi connectivity index (χ1) is 9.28. The summed E-state index contributed by atoms with van der Waals surface area (Å²) >= 11 is 1.73. The molecule has 98 valence electrons. The average Bonchev–Trinajstić information content (AvgIpc) is 2.97. The number of para-hydroxylation sites is 1. The lowest BCUT2D eigenvalue weighted by atomic mass is 10.2. The van der Waals surface area contributed by atoms with E-state index < -0.39 is 0 Å². The minimum Gasteiger partial charge on any atom is -0.340 e. The molecule has 3 aromatic rings. The first kappa shape index (κ1) is 12.4. The van der Waals surface area contributed by atoms with Gasteiger partial charge in [-0.3, -0.25) is 0 Å². The Labute approximate surface area is 116 Å². The van der Waals surface area contributed by atoms with E-state index >= 15 is 0 Å². The van der Waals surface area contributed by atoms with E-state index in [2.05, 4.69) is 50.7 Å². The maximum absolute atomic E-state index is 4.55. The summed E-state index contributed by atoms with van der Waals surface area (Å²) in [5.74, 6) is 0. The van der Waals surface area contributed by atoms with Gasteiger partial charge in [-0.15, -0.1) is 11.3 Å². The molecule has 4 heteroatoms. The molecule has 0 saturated heterocycles. The average molecular weight is 271 g/mol. The minimum atomic E-state index is 0.850. The van der Waals surface area contributed by atoms with Crippen LogP contribution in [0.2, 0.25) is 0 Å². The summed E-state index contributed by atoms with van der Waals surface area (Å²) in [4.78, 5) is 4.55. The molecule has 0 radical (unpaired) electrons. The third kappa shape index (κ3) is 2.41. The fourth-order valence-electron chi connectivity index (χ4n) is 2.41. The van der Waals surface area contributed by atoms with Gasteiger partial charge < -0.3 is 9.88 Å². The standard InChI is InChI=1S/C15H17N3S/c1-11-10-19-15(17-11)9-18-8-12(7-16-2)13-5-3-4-6-14(13)18/h3-6,8,10,16H,7,9H2,1-2H3. The molecule has 19 heavy (non-hydrogen) atoms. The number of hydrogen-bond donors (Lipinski definition) is 1. The monoisotopic (exact) mass is 271 g/mol. The minimum absolute atomic E-state index is 0.850. The number of nitrogens with one attached hydrogen (secondary N) is 1. The van der Waals surface area contributed by atoms with Crippen LogP contribution in [0.4, 0.5) is 0 Å². The molecule has 2 aromatic heterocycles. The van der Waals surface area contributed by atoms with Gasteiger partial charge in [-0.1, -0.05) is 18.2 Å². The van der Waals surface area contributed by atoms with Gasteiger partial charge in [0.05, 0.1) is 6.54 Å². The molecule has 0 aliphatic heterocycles. The summed E-state index contributed by atoms with van der Waals surface area (Å²) in [6.07, 6.45) is 2.23. The lowest BCUT2D eigenvalue weighted by Gasteiger charge is -2.01. The van der Waals surface area contributed by atoms with Crippen LogP contribution in [0.15, 0.2) is 35.8 Å². The summed E-state index contributed by atoms with van der Waals surface area (Å²) in [6, 6.07) is 8.55. The number of thiazole rings is 1. The SMILES string of the molecule is CNCc1cn(Cc2nc(C)cs2)c2ccccc12. The van der Waals surface area contributed by atoms with Crippen LogP contribution in [0.1, 0.15) is 16.3 Å². The van der Waals surface area contributed by atoms with Crippen LogP contribution in [0.3, 0.4) is 0 Å². The zero-order valence-corrected chi connectivity index (χ0v) is 12.0. The lowest BCUT2D eigenvalue weighted by Crippen LogP contribution is -2.04. The van der Waals surface area contributed by atoms with Gasteiger partial charge in [0.1, 0.15) is 5.01 Å². The van der Waals surface area contributed by atoms with Crippen LogP contribution < -0.4 is 5.32 Å². The van der Waals surface area contributed by atoms with Gasteiger partial charge in [-0.2, -0.15) is 0 Å². The highest BCUT2D eigenvalue weighted by atomic mass is 32.1. The second kappa shape index (κ2) is 5.15. The van der Waals surface area contributed by atoms with E-state index in [4.69, 9.17) is 0 Å². The van der Waals surface area contributed by atoms with Crippen molar-refractivity contribution >= 4 is 22.2 Å². The number of rotatable bonds is 4. The van der Waals surface area contributed by atoms with Gasteiger partial charge in [-0.05, 0) is 25.6 Å². The van der Waals surface area contributed by atoms with Gasteiger partial charge in [0.15, 0.2) is 0 Å². The Balaban J connectivity index is 2.03. The molecule has 0 aliphatic rings. The molecule has 3 rings (SSSR count). The maximum atomic E-state index is 4.55. The second-order valence-corrected chi connectivity index (χ2v) is 5.65. The largest absolute Gasteiger partial charge is 0.340 e. The van der Waals surface area contributed by atoms with Crippen molar-refractivity contribution in [3.63, 3.8) is 0 Å². The van der Waals surface area contributed by atoms with Crippen molar-refractivity contribution in [2.75, 3.05) is 7.05 Å². The van der Waals surface area contributed by atoms with Crippen molar-refractivity contribution in [1.29, 1.82) is 0 Å². The van der Waals surface area contributed by atoms with Crippen molar-refractivity contribution in [1.82, 2.24) is 14.9 Å². The highest BCUT2D eigenvalue weighted by Gasteiger charge is 2.08. The molecule has 0 spiro atoms. The Morgan fingerprint density at radius 1 is 1.32 bits per heavy atom. The summed E-state index contributed by atoms with van der Waals surface area (Å²) in [5.41, 5.74) is 3.72. The Morgan fingerprint density at radius 3 is 2.89 bits per heavy atom. The molecule has 0 bridgehead atoms. The lowest BCUT2D eigenvalue weighted by molar-refractivity contribution is 0.791. The molecule has 1 aromatic carbocycles. The van der Waals surface area contributed by atoms with E-state index in [1.165, 1.54) is 16.5 Å². The fraction of sp³-hybridized carbons (Fsp3) is 0.267. The molecule has 0 amide bonds. The van der Waals surface area contributed by atoms with E-state index in [1.54, 1.807) is 11.3 Å². The predicted molar refractivity (Wildman–Crippen MR) is 80.7 cm³/mol. The zero-order chi connectivity index (χ0) is 13.2. The van der Waals surface area contributed by atoms with Crippen LogP contribution in [-0.2, 0) is 13.1 Å². The highest BCUT2D eigenvalue weighted by Crippen LogP contribution is 2.23. The molecule has 0 aliphatic carbocycles. The maximum Gasteiger partial charge on any atom is 0.113 e. The van der Waals surface area contributed by atoms with Gasteiger partial charge in [-0.25, -0.2) is 4.98 Å². The van der Waals surface area contributed by atoms with E-state index in [0.29, 0.717) is 0 Å². The third-order valence-electron chi connectivity index (χ3n) is 3.21. The summed E-state index contributed by atoms with van der Waals surface area (Å²) in [6.45, 7) is 3.79. The van der Waals surface area contributed by atoms with Crippen LogP contribution >= 0.6 is 11.3 Å². The summed E-state index contributed by atoms with van der Waals surface area (Å²) in [7, 11) is 1.98. The fourth-order valence-corrected chi connectivity index (χ4v) is 3.18. The molecule has 0 fully saturated rings. The Kier molecular flexibility index (Phi) is 3.36. The van der Waals surface area contributed by atoms with E-state index in [9.17, 15) is 0 Å². The molecule has 0 saturated carbocycles. The third-order valence-corrected chi connectivity index (χ3v) is 4.16. The topological polar surface area (TPSA) is 29.9 Å². The van der Waals surface area contributed by atoms with Crippen LogP contribution in [0, 0.1) is 6.92 Å². The number of fused-ring (bicyclic) bond motifs is 1. The van der Waals surface area contributed by atoms with E-state index in [-0.39, 0.29) is 0 Å². The van der Waals surface area contributed by atoms with Crippen LogP contribution in [0.5, 0.6) is 0 Å². The first-order valence-electron chi connectivity index (χ1n) is 6.40. The Morgan fingerprint density at radius 2 is 2.16 bits per heavy atom. The number of benzene rings is 1. The Bertz CT molecular complexity index is 696. The van der Waals surface area contributed by atoms with Gasteiger partial charge in [0, 0.05) is 34.7 Å². The van der Waals surface area contributed by atoms with E-state index in [0.717, 1.165) is 23.8 Å². The van der Waals surface area contributed by atoms with Gasteiger partial charge in [0.2, 0.25) is 0 Å². The summed E-state index contributed by atoms with van der Waals surface area (Å²) < 4.78 is 2.29. The van der Waals surface area contributed by atoms with Crippen molar-refractivity contribution in [3.8, 4) is 0 Å². The number of aryl methyl sites for hydroxylation is 1. The van der Waals surface area contributed by atoms with Crippen LogP contribution in [0.25, 0.3) is 10.9 Å². The quantitative estimate of drug-likeness (QED) is 0.790. The van der Waals surface area contributed by atoms with Crippen molar-refractivity contribution in [2.24, 2.45) is 0 Å². The highest BCUT2D eigenvalue weighted by molar-refractivity contribution is 7.09. The van der Waals surface area contributed by atoms with Crippen LogP contribution in [-0.4, -0.2) is 16.6 Å². The molecule has 3 nitrogen and oxygen atoms in total. The second-order valence-electron chi connectivity index (χ2n) is 4.71.